The van der Waals surface area contributed by atoms with E-state index in [0.29, 0.717) is 6.42 Å². The highest BCUT2D eigenvalue weighted by Crippen LogP contribution is 2.29. The second-order valence-corrected chi connectivity index (χ2v) is 6.84. The molecule has 0 saturated carbocycles. The maximum atomic E-state index is 10.9. The van der Waals surface area contributed by atoms with Crippen molar-refractivity contribution in [2.45, 2.75) is 63.6 Å². The third-order valence-corrected chi connectivity index (χ3v) is 5.00. The van der Waals surface area contributed by atoms with E-state index in [2.05, 4.69) is 55.5 Å². The number of rotatable bonds is 11. The molecule has 0 radical (unpaired) electrons. The minimum absolute atomic E-state index is 0.0862. The van der Waals surface area contributed by atoms with E-state index in [-0.39, 0.29) is 18.1 Å². The second-order valence-electron chi connectivity index (χ2n) is 6.84. The van der Waals surface area contributed by atoms with Crippen LogP contribution in [-0.4, -0.2) is 24.4 Å². The van der Waals surface area contributed by atoms with E-state index in [1.165, 1.54) is 11.1 Å². The lowest BCUT2D eigenvalue weighted by Gasteiger charge is -2.27. The summed E-state index contributed by atoms with van der Waals surface area (Å²) in [6.45, 7) is 2.20. The van der Waals surface area contributed by atoms with Gasteiger partial charge in [0.05, 0.1) is 12.2 Å². The van der Waals surface area contributed by atoms with Crippen molar-refractivity contribution in [3.63, 3.8) is 0 Å². The number of benzene rings is 2. The van der Waals surface area contributed by atoms with E-state index in [0.717, 1.165) is 32.1 Å². The fourth-order valence-corrected chi connectivity index (χ4v) is 3.44. The van der Waals surface area contributed by atoms with E-state index < -0.39 is 0 Å². The number of methoxy groups -OCH3 is 1. The molecule has 3 atom stereocenters. The molecule has 0 aromatic heterocycles. The fourth-order valence-electron chi connectivity index (χ4n) is 3.44. The van der Waals surface area contributed by atoms with E-state index in [9.17, 15) is 5.11 Å². The molecule has 25 heavy (non-hydrogen) atoms. The van der Waals surface area contributed by atoms with Crippen LogP contribution in [0.5, 0.6) is 0 Å². The molecule has 2 rings (SSSR count). The maximum Gasteiger partial charge on any atom is 0.0633 e. The molecule has 0 heterocycles. The van der Waals surface area contributed by atoms with Crippen LogP contribution in [0.2, 0.25) is 0 Å². The highest BCUT2D eigenvalue weighted by molar-refractivity contribution is 5.21. The summed E-state index contributed by atoms with van der Waals surface area (Å²) in [5, 5.41) is 10.9. The van der Waals surface area contributed by atoms with Crippen molar-refractivity contribution in [3.05, 3.63) is 71.8 Å². The third-order valence-electron chi connectivity index (χ3n) is 5.00. The predicted octanol–water partition coefficient (Wildman–Crippen LogP) is 5.36. The molecule has 0 spiro atoms. The lowest BCUT2D eigenvalue weighted by molar-refractivity contribution is 0.0287. The molecule has 0 saturated heterocycles. The summed E-state index contributed by atoms with van der Waals surface area (Å²) in [5.41, 5.74) is 2.56. The second kappa shape index (κ2) is 11.1. The van der Waals surface area contributed by atoms with Gasteiger partial charge in [0.25, 0.3) is 0 Å². The Morgan fingerprint density at radius 1 is 0.920 bits per heavy atom. The van der Waals surface area contributed by atoms with E-state index in [1.807, 2.05) is 12.1 Å². The van der Waals surface area contributed by atoms with Gasteiger partial charge in [0.1, 0.15) is 0 Å². The van der Waals surface area contributed by atoms with Crippen molar-refractivity contribution in [1.29, 1.82) is 0 Å². The standard InChI is InChI=1S/C23H32O2/c1-3-4-15-22(20-13-9-6-10-14-20)23(24)18-21(25-2)17-16-19-11-7-5-8-12-19/h5-14,21-24H,3-4,15-18H2,1-2H3. The molecule has 2 aromatic carbocycles. The molecule has 2 heteroatoms. The van der Waals surface area contributed by atoms with Gasteiger partial charge in [0.15, 0.2) is 0 Å². The minimum atomic E-state index is -0.366. The van der Waals surface area contributed by atoms with Crippen LogP contribution in [-0.2, 0) is 11.2 Å². The van der Waals surface area contributed by atoms with Gasteiger partial charge in [-0.2, -0.15) is 0 Å². The predicted molar refractivity (Wildman–Crippen MR) is 105 cm³/mol. The summed E-state index contributed by atoms with van der Waals surface area (Å²) in [5.74, 6) is 0.190. The zero-order valence-corrected chi connectivity index (χ0v) is 15.6. The number of hydrogen-bond acceptors (Lipinski definition) is 2. The van der Waals surface area contributed by atoms with Crippen LogP contribution in [0.15, 0.2) is 60.7 Å². The molecule has 0 aliphatic heterocycles. The highest BCUT2D eigenvalue weighted by Gasteiger charge is 2.24. The summed E-state index contributed by atoms with van der Waals surface area (Å²) < 4.78 is 5.67. The lowest BCUT2D eigenvalue weighted by Crippen LogP contribution is -2.26. The zero-order chi connectivity index (χ0) is 17.9. The molecule has 0 bridgehead atoms. The van der Waals surface area contributed by atoms with Crippen molar-refractivity contribution in [1.82, 2.24) is 0 Å². The molecule has 0 aliphatic carbocycles. The van der Waals surface area contributed by atoms with Gasteiger partial charge in [-0.05, 0) is 30.4 Å². The summed E-state index contributed by atoms with van der Waals surface area (Å²) in [6, 6.07) is 20.9. The average Bonchev–Trinajstić information content (AvgIpc) is 2.67. The summed E-state index contributed by atoms with van der Waals surface area (Å²) in [7, 11) is 1.76. The van der Waals surface area contributed by atoms with Gasteiger partial charge in [-0.15, -0.1) is 0 Å². The first-order valence-electron chi connectivity index (χ1n) is 9.54. The lowest BCUT2D eigenvalue weighted by atomic mass is 9.85. The Morgan fingerprint density at radius 3 is 2.16 bits per heavy atom. The minimum Gasteiger partial charge on any atom is -0.392 e. The van der Waals surface area contributed by atoms with Crippen molar-refractivity contribution in [2.24, 2.45) is 0 Å². The number of hydrogen-bond donors (Lipinski definition) is 1. The number of aryl methyl sites for hydroxylation is 1. The van der Waals surface area contributed by atoms with Gasteiger partial charge in [-0.1, -0.05) is 80.4 Å². The summed E-state index contributed by atoms with van der Waals surface area (Å²) >= 11 is 0. The SMILES string of the molecule is CCCCC(c1ccccc1)C(O)CC(CCc1ccccc1)OC. The largest absolute Gasteiger partial charge is 0.392 e. The van der Waals surface area contributed by atoms with Gasteiger partial charge >= 0.3 is 0 Å². The Kier molecular flexibility index (Phi) is 8.71. The number of aliphatic hydroxyl groups is 1. The third kappa shape index (κ3) is 6.64. The number of ether oxygens (including phenoxy) is 1. The molecule has 0 aliphatic rings. The number of aliphatic hydroxyl groups excluding tert-OH is 1. The molecule has 3 unspecified atom stereocenters. The van der Waals surface area contributed by atoms with Crippen LogP contribution in [0.4, 0.5) is 0 Å². The van der Waals surface area contributed by atoms with Crippen LogP contribution in [0, 0.1) is 0 Å². The van der Waals surface area contributed by atoms with Crippen molar-refractivity contribution in [2.75, 3.05) is 7.11 Å². The number of unbranched alkanes of at least 4 members (excludes halogenated alkanes) is 1. The molecule has 0 amide bonds. The monoisotopic (exact) mass is 340 g/mol. The molecule has 0 fully saturated rings. The van der Waals surface area contributed by atoms with Crippen LogP contribution >= 0.6 is 0 Å². The van der Waals surface area contributed by atoms with Crippen LogP contribution in [0.25, 0.3) is 0 Å². The smallest absolute Gasteiger partial charge is 0.0633 e. The van der Waals surface area contributed by atoms with Crippen molar-refractivity contribution in [3.8, 4) is 0 Å². The summed E-state index contributed by atoms with van der Waals surface area (Å²) in [4.78, 5) is 0. The van der Waals surface area contributed by atoms with Crippen molar-refractivity contribution >= 4 is 0 Å². The molecular formula is C23H32O2. The van der Waals surface area contributed by atoms with Gasteiger partial charge < -0.3 is 9.84 Å². The maximum absolute atomic E-state index is 10.9. The average molecular weight is 341 g/mol. The van der Waals surface area contributed by atoms with Crippen LogP contribution < -0.4 is 0 Å². The van der Waals surface area contributed by atoms with Crippen LogP contribution in [0.3, 0.4) is 0 Å². The van der Waals surface area contributed by atoms with Gasteiger partial charge in [0, 0.05) is 19.4 Å². The Bertz CT molecular complexity index is 567. The Labute approximate surface area is 152 Å². The van der Waals surface area contributed by atoms with E-state index in [4.69, 9.17) is 4.74 Å². The highest BCUT2D eigenvalue weighted by atomic mass is 16.5. The van der Waals surface area contributed by atoms with Gasteiger partial charge in [-0.3, -0.25) is 0 Å². The first-order chi connectivity index (χ1) is 12.2. The normalized spacial score (nSPS) is 14.8. The Morgan fingerprint density at radius 2 is 1.56 bits per heavy atom. The zero-order valence-electron chi connectivity index (χ0n) is 15.6. The van der Waals surface area contributed by atoms with E-state index >= 15 is 0 Å². The van der Waals surface area contributed by atoms with E-state index in [1.54, 1.807) is 7.11 Å². The van der Waals surface area contributed by atoms with Crippen LogP contribution in [0.1, 0.15) is 56.1 Å². The topological polar surface area (TPSA) is 29.5 Å². The fraction of sp³-hybridized carbons (Fsp3) is 0.478. The summed E-state index contributed by atoms with van der Waals surface area (Å²) in [6.07, 6.45) is 5.64. The molecule has 1 N–H and O–H groups in total. The molecule has 2 aromatic rings. The first-order valence-corrected chi connectivity index (χ1v) is 9.54. The van der Waals surface area contributed by atoms with Crippen molar-refractivity contribution < 1.29 is 9.84 Å². The Hall–Kier alpha value is -1.64. The van der Waals surface area contributed by atoms with Gasteiger partial charge in [0.2, 0.25) is 0 Å². The Balaban J connectivity index is 1.95. The molecular weight excluding hydrogens is 308 g/mol. The molecule has 136 valence electrons. The quantitative estimate of drug-likeness (QED) is 0.597. The van der Waals surface area contributed by atoms with Gasteiger partial charge in [-0.25, -0.2) is 0 Å². The molecule has 2 nitrogen and oxygen atoms in total. The first kappa shape index (κ1) is 19.7.